The molecule has 1 aliphatic heterocycles. The number of rotatable bonds is 5. The maximum atomic E-state index is 12.2. The molecule has 2 heterocycles. The van der Waals surface area contributed by atoms with Crippen molar-refractivity contribution in [3.05, 3.63) is 46.7 Å². The normalized spacial score (nSPS) is 18.5. The highest BCUT2D eigenvalue weighted by atomic mass is 32.1. The second-order valence-electron chi connectivity index (χ2n) is 6.26. The van der Waals surface area contributed by atoms with Gasteiger partial charge in [-0.15, -0.1) is 0 Å². The van der Waals surface area contributed by atoms with Crippen LogP contribution >= 0.6 is 11.5 Å². The summed E-state index contributed by atoms with van der Waals surface area (Å²) < 4.78 is 4.40. The minimum atomic E-state index is 0.00968. The first-order valence-electron chi connectivity index (χ1n) is 8.02. The Kier molecular flexibility index (Phi) is 5.03. The van der Waals surface area contributed by atoms with Gasteiger partial charge in [0.15, 0.2) is 0 Å². The number of nitrogens with zero attached hydrogens (tertiary/aromatic N) is 3. The van der Waals surface area contributed by atoms with Crippen molar-refractivity contribution in [2.45, 2.75) is 38.8 Å². The topological polar surface area (TPSA) is 58.1 Å². The molecule has 1 N–H and O–H groups in total. The molecule has 1 saturated heterocycles. The summed E-state index contributed by atoms with van der Waals surface area (Å²) in [6, 6.07) is 9.59. The van der Waals surface area contributed by atoms with Gasteiger partial charge in [0, 0.05) is 30.6 Å². The zero-order valence-electron chi connectivity index (χ0n) is 13.5. The van der Waals surface area contributed by atoms with Crippen molar-refractivity contribution in [3.63, 3.8) is 0 Å². The highest BCUT2D eigenvalue weighted by Gasteiger charge is 2.25. The van der Waals surface area contributed by atoms with Crippen molar-refractivity contribution < 1.29 is 4.79 Å². The molecule has 6 heteroatoms. The Morgan fingerprint density at radius 2 is 2.17 bits per heavy atom. The van der Waals surface area contributed by atoms with E-state index in [0.717, 1.165) is 42.5 Å². The van der Waals surface area contributed by atoms with Crippen LogP contribution in [0.15, 0.2) is 30.3 Å². The molecule has 1 aromatic carbocycles. The van der Waals surface area contributed by atoms with E-state index in [-0.39, 0.29) is 11.9 Å². The van der Waals surface area contributed by atoms with E-state index in [0.29, 0.717) is 5.92 Å². The molecule has 1 aliphatic rings. The van der Waals surface area contributed by atoms with Crippen LogP contribution in [0.3, 0.4) is 0 Å². The zero-order valence-corrected chi connectivity index (χ0v) is 14.3. The first-order chi connectivity index (χ1) is 11.1. The van der Waals surface area contributed by atoms with Gasteiger partial charge in [0.1, 0.15) is 10.8 Å². The molecule has 0 radical (unpaired) electrons. The van der Waals surface area contributed by atoms with Crippen molar-refractivity contribution in [2.24, 2.45) is 0 Å². The van der Waals surface area contributed by atoms with E-state index in [2.05, 4.69) is 33.4 Å². The number of amides is 1. The van der Waals surface area contributed by atoms with Gasteiger partial charge in [-0.2, -0.15) is 4.37 Å². The molecule has 1 aromatic heterocycles. The number of aromatic nitrogens is 2. The van der Waals surface area contributed by atoms with E-state index in [1.165, 1.54) is 11.5 Å². The maximum Gasteiger partial charge on any atom is 0.251 e. The van der Waals surface area contributed by atoms with Gasteiger partial charge < -0.3 is 5.32 Å². The molecule has 0 saturated carbocycles. The second-order valence-corrected chi connectivity index (χ2v) is 7.10. The Morgan fingerprint density at radius 1 is 1.39 bits per heavy atom. The van der Waals surface area contributed by atoms with Gasteiger partial charge in [0.05, 0.1) is 6.54 Å². The van der Waals surface area contributed by atoms with E-state index < -0.39 is 0 Å². The molecule has 0 spiro atoms. The minimum absolute atomic E-state index is 0.00968. The van der Waals surface area contributed by atoms with Gasteiger partial charge in [-0.25, -0.2) is 4.98 Å². The van der Waals surface area contributed by atoms with Gasteiger partial charge in [0.2, 0.25) is 0 Å². The number of hydrogen-bond acceptors (Lipinski definition) is 5. The highest BCUT2D eigenvalue weighted by Crippen LogP contribution is 2.18. The van der Waals surface area contributed by atoms with Gasteiger partial charge in [-0.3, -0.25) is 9.69 Å². The molecule has 0 bridgehead atoms. The summed E-state index contributed by atoms with van der Waals surface area (Å²) in [5.41, 5.74) is 0.719. The second kappa shape index (κ2) is 7.19. The number of nitrogens with one attached hydrogen (secondary N) is 1. The Hall–Kier alpha value is -1.79. The van der Waals surface area contributed by atoms with Crippen molar-refractivity contribution >= 4 is 17.4 Å². The lowest BCUT2D eigenvalue weighted by Gasteiger charge is -2.15. The quantitative estimate of drug-likeness (QED) is 0.916. The van der Waals surface area contributed by atoms with E-state index in [1.807, 2.05) is 30.3 Å². The summed E-state index contributed by atoms with van der Waals surface area (Å²) in [6.07, 6.45) is 0.981. The molecular weight excluding hydrogens is 308 g/mol. The number of carbonyl (C=O) groups is 1. The maximum absolute atomic E-state index is 12.2. The summed E-state index contributed by atoms with van der Waals surface area (Å²) in [5, 5.41) is 4.18. The van der Waals surface area contributed by atoms with Crippen LogP contribution in [0.25, 0.3) is 0 Å². The summed E-state index contributed by atoms with van der Waals surface area (Å²) in [5.74, 6) is 1.31. The SMILES string of the molecule is CC(C)c1nsc(CN2CCC(NC(=O)c3ccccc3)C2)n1. The van der Waals surface area contributed by atoms with Gasteiger partial charge >= 0.3 is 0 Å². The first-order valence-corrected chi connectivity index (χ1v) is 8.80. The molecule has 1 amide bonds. The summed E-state index contributed by atoms with van der Waals surface area (Å²) in [7, 11) is 0. The standard InChI is InChI=1S/C17H22N4OS/c1-12(2)16-19-15(23-20-16)11-21-9-8-14(10-21)18-17(22)13-6-4-3-5-7-13/h3-7,12,14H,8-11H2,1-2H3,(H,18,22). The monoisotopic (exact) mass is 330 g/mol. The van der Waals surface area contributed by atoms with Crippen molar-refractivity contribution in [3.8, 4) is 0 Å². The van der Waals surface area contributed by atoms with E-state index >= 15 is 0 Å². The molecule has 1 unspecified atom stereocenters. The highest BCUT2D eigenvalue weighted by molar-refractivity contribution is 7.05. The lowest BCUT2D eigenvalue weighted by Crippen LogP contribution is -2.36. The molecule has 122 valence electrons. The lowest BCUT2D eigenvalue weighted by atomic mass is 10.2. The van der Waals surface area contributed by atoms with Crippen LogP contribution in [0.2, 0.25) is 0 Å². The molecular formula is C17H22N4OS. The minimum Gasteiger partial charge on any atom is -0.348 e. The van der Waals surface area contributed by atoms with E-state index in [4.69, 9.17) is 0 Å². The van der Waals surface area contributed by atoms with Gasteiger partial charge in [-0.1, -0.05) is 32.0 Å². The molecule has 23 heavy (non-hydrogen) atoms. The predicted molar refractivity (Wildman–Crippen MR) is 91.6 cm³/mol. The van der Waals surface area contributed by atoms with Gasteiger partial charge in [0.25, 0.3) is 5.91 Å². The summed E-state index contributed by atoms with van der Waals surface area (Å²) in [6.45, 7) is 6.89. The lowest BCUT2D eigenvalue weighted by molar-refractivity contribution is 0.0937. The fraction of sp³-hybridized carbons (Fsp3) is 0.471. The molecule has 3 rings (SSSR count). The van der Waals surface area contributed by atoms with Crippen LogP contribution in [0, 0.1) is 0 Å². The zero-order chi connectivity index (χ0) is 16.2. The van der Waals surface area contributed by atoms with Crippen LogP contribution < -0.4 is 5.32 Å². The van der Waals surface area contributed by atoms with Crippen LogP contribution in [-0.4, -0.2) is 39.3 Å². The fourth-order valence-electron chi connectivity index (χ4n) is 2.71. The Morgan fingerprint density at radius 3 is 2.87 bits per heavy atom. The van der Waals surface area contributed by atoms with E-state index in [9.17, 15) is 4.79 Å². The van der Waals surface area contributed by atoms with Crippen molar-refractivity contribution in [2.75, 3.05) is 13.1 Å². The largest absolute Gasteiger partial charge is 0.348 e. The molecule has 1 fully saturated rings. The number of likely N-dealkylation sites (tertiary alicyclic amines) is 1. The van der Waals surface area contributed by atoms with Crippen LogP contribution in [-0.2, 0) is 6.54 Å². The number of benzene rings is 1. The van der Waals surface area contributed by atoms with Crippen LogP contribution in [0.5, 0.6) is 0 Å². The number of hydrogen-bond donors (Lipinski definition) is 1. The number of carbonyl (C=O) groups excluding carboxylic acids is 1. The predicted octanol–water partition coefficient (Wildman–Crippen LogP) is 2.67. The average molecular weight is 330 g/mol. The molecule has 2 aromatic rings. The fourth-order valence-corrected chi connectivity index (χ4v) is 3.54. The molecule has 0 aliphatic carbocycles. The first kappa shape index (κ1) is 16.1. The summed E-state index contributed by atoms with van der Waals surface area (Å²) >= 11 is 1.49. The van der Waals surface area contributed by atoms with Crippen molar-refractivity contribution in [1.29, 1.82) is 0 Å². The van der Waals surface area contributed by atoms with Crippen molar-refractivity contribution in [1.82, 2.24) is 19.6 Å². The Labute approximate surface area is 140 Å². The third-order valence-electron chi connectivity index (χ3n) is 4.00. The third kappa shape index (κ3) is 4.14. The average Bonchev–Trinajstić information content (AvgIpc) is 3.18. The smallest absolute Gasteiger partial charge is 0.251 e. The Balaban J connectivity index is 1.51. The van der Waals surface area contributed by atoms with E-state index in [1.54, 1.807) is 0 Å². The summed E-state index contributed by atoms with van der Waals surface area (Å²) in [4.78, 5) is 19.1. The molecule has 5 nitrogen and oxygen atoms in total. The Bertz CT molecular complexity index is 656. The third-order valence-corrected chi connectivity index (χ3v) is 4.71. The van der Waals surface area contributed by atoms with Gasteiger partial charge in [-0.05, 0) is 30.1 Å². The van der Waals surface area contributed by atoms with Crippen LogP contribution in [0.1, 0.15) is 47.4 Å². The molecule has 1 atom stereocenters. The van der Waals surface area contributed by atoms with Crippen LogP contribution in [0.4, 0.5) is 0 Å².